The molecule has 7 heteroatoms. The van der Waals surface area contributed by atoms with Crippen LogP contribution in [0, 0.1) is 0 Å². The van der Waals surface area contributed by atoms with Crippen LogP contribution in [0.4, 0.5) is 0 Å². The van der Waals surface area contributed by atoms with E-state index in [1.165, 1.54) is 0 Å². The largest absolute Gasteiger partial charge is 0.497 e. The summed E-state index contributed by atoms with van der Waals surface area (Å²) in [6, 6.07) is 16.8. The fourth-order valence-electron chi connectivity index (χ4n) is 3.32. The van der Waals surface area contributed by atoms with E-state index >= 15 is 0 Å². The highest BCUT2D eigenvalue weighted by molar-refractivity contribution is 9.10. The Bertz CT molecular complexity index is 1250. The van der Waals surface area contributed by atoms with Gasteiger partial charge >= 0.3 is 0 Å². The maximum atomic E-state index is 13.2. The summed E-state index contributed by atoms with van der Waals surface area (Å²) in [7, 11) is 3.19. The number of nitrogens with one attached hydrogen (secondary N) is 1. The van der Waals surface area contributed by atoms with Crippen molar-refractivity contribution in [2.45, 2.75) is 6.54 Å². The molecule has 0 fully saturated rings. The number of carbonyl (C=O) groups is 1. The second-order valence-electron chi connectivity index (χ2n) is 6.82. The van der Waals surface area contributed by atoms with Crippen LogP contribution in [0.25, 0.3) is 22.2 Å². The van der Waals surface area contributed by atoms with Gasteiger partial charge in [0.1, 0.15) is 11.5 Å². The number of benzene rings is 2. The molecule has 0 aliphatic heterocycles. The number of methoxy groups -OCH3 is 2. The van der Waals surface area contributed by atoms with E-state index in [-0.39, 0.29) is 5.91 Å². The lowest BCUT2D eigenvalue weighted by atomic mass is 10.0. The minimum absolute atomic E-state index is 0.200. The lowest BCUT2D eigenvalue weighted by Gasteiger charge is -2.13. The molecule has 0 unspecified atom stereocenters. The summed E-state index contributed by atoms with van der Waals surface area (Å²) < 4.78 is 11.5. The van der Waals surface area contributed by atoms with Crippen LogP contribution < -0.4 is 14.8 Å². The zero-order valence-electron chi connectivity index (χ0n) is 17.1. The second-order valence-corrected chi connectivity index (χ2v) is 7.73. The lowest BCUT2D eigenvalue weighted by molar-refractivity contribution is 0.0952. The van der Waals surface area contributed by atoms with Crippen molar-refractivity contribution in [3.63, 3.8) is 0 Å². The average molecular weight is 478 g/mol. The van der Waals surface area contributed by atoms with Crippen LogP contribution in [0.3, 0.4) is 0 Å². The molecular formula is C24H20BrN3O3. The molecule has 0 aliphatic carbocycles. The Morgan fingerprint density at radius 3 is 2.68 bits per heavy atom. The van der Waals surface area contributed by atoms with Gasteiger partial charge in [0.25, 0.3) is 5.91 Å². The van der Waals surface area contributed by atoms with Crippen LogP contribution >= 0.6 is 15.9 Å². The Kier molecular flexibility index (Phi) is 6.13. The van der Waals surface area contributed by atoms with Gasteiger partial charge in [-0.25, -0.2) is 4.98 Å². The third-order valence-electron chi connectivity index (χ3n) is 4.91. The Hall–Kier alpha value is -3.45. The molecule has 2 aromatic carbocycles. The van der Waals surface area contributed by atoms with Crippen molar-refractivity contribution in [2.75, 3.05) is 14.2 Å². The number of hydrogen-bond donors (Lipinski definition) is 1. The van der Waals surface area contributed by atoms with Gasteiger partial charge < -0.3 is 14.8 Å². The zero-order chi connectivity index (χ0) is 21.8. The highest BCUT2D eigenvalue weighted by Gasteiger charge is 2.15. The van der Waals surface area contributed by atoms with Crippen molar-refractivity contribution in [2.24, 2.45) is 0 Å². The number of carbonyl (C=O) groups excluding carboxylic acids is 1. The molecule has 1 N–H and O–H groups in total. The van der Waals surface area contributed by atoms with Gasteiger partial charge in [-0.05, 0) is 48.5 Å². The van der Waals surface area contributed by atoms with Crippen LogP contribution in [-0.4, -0.2) is 30.1 Å². The number of pyridine rings is 2. The molecule has 6 nitrogen and oxygen atoms in total. The first kappa shape index (κ1) is 20.8. The number of aromatic nitrogens is 2. The van der Waals surface area contributed by atoms with Gasteiger partial charge in [-0.2, -0.15) is 0 Å². The van der Waals surface area contributed by atoms with Gasteiger partial charge in [0.2, 0.25) is 0 Å². The van der Waals surface area contributed by atoms with Gasteiger partial charge in [-0.3, -0.25) is 9.78 Å². The zero-order valence-corrected chi connectivity index (χ0v) is 18.6. The van der Waals surface area contributed by atoms with Crippen molar-refractivity contribution in [1.29, 1.82) is 0 Å². The fourth-order valence-corrected chi connectivity index (χ4v) is 3.68. The molecule has 4 rings (SSSR count). The predicted octanol–water partition coefficient (Wildman–Crippen LogP) is 5.01. The van der Waals surface area contributed by atoms with E-state index in [2.05, 4.69) is 26.2 Å². The van der Waals surface area contributed by atoms with E-state index in [1.54, 1.807) is 38.7 Å². The molecule has 0 radical (unpaired) electrons. The maximum Gasteiger partial charge on any atom is 0.252 e. The maximum absolute atomic E-state index is 13.2. The van der Waals surface area contributed by atoms with E-state index in [0.29, 0.717) is 29.3 Å². The topological polar surface area (TPSA) is 73.3 Å². The summed E-state index contributed by atoms with van der Waals surface area (Å²) in [6.07, 6.45) is 3.44. The molecule has 31 heavy (non-hydrogen) atoms. The molecule has 4 aromatic rings. The van der Waals surface area contributed by atoms with Crippen LogP contribution in [0.1, 0.15) is 15.9 Å². The third-order valence-corrected chi connectivity index (χ3v) is 5.40. The Morgan fingerprint density at radius 2 is 1.94 bits per heavy atom. The molecular weight excluding hydrogens is 458 g/mol. The van der Waals surface area contributed by atoms with Gasteiger partial charge in [-0.15, -0.1) is 0 Å². The van der Waals surface area contributed by atoms with Gasteiger partial charge in [-0.1, -0.05) is 15.9 Å². The standard InChI is InChI=1S/C24H20BrN3O3/c1-30-18-7-5-16(23(11-18)31-2)14-27-24(29)20-12-22(15-4-3-9-26-13-15)28-21-8-6-17(25)10-19(20)21/h3-13H,14H2,1-2H3,(H,27,29). The van der Waals surface area contributed by atoms with Crippen molar-refractivity contribution >= 4 is 32.7 Å². The van der Waals surface area contributed by atoms with Crippen LogP contribution in [0.2, 0.25) is 0 Å². The molecule has 0 atom stereocenters. The molecule has 0 aliphatic rings. The first-order valence-electron chi connectivity index (χ1n) is 9.59. The first-order valence-corrected chi connectivity index (χ1v) is 10.4. The predicted molar refractivity (Wildman–Crippen MR) is 123 cm³/mol. The number of hydrogen-bond acceptors (Lipinski definition) is 5. The number of amides is 1. The highest BCUT2D eigenvalue weighted by Crippen LogP contribution is 2.28. The highest BCUT2D eigenvalue weighted by atomic mass is 79.9. The number of ether oxygens (including phenoxy) is 2. The molecule has 2 aromatic heterocycles. The SMILES string of the molecule is COc1ccc(CNC(=O)c2cc(-c3cccnc3)nc3ccc(Br)cc23)c(OC)c1. The molecule has 156 valence electrons. The van der Waals surface area contributed by atoms with Crippen molar-refractivity contribution in [3.8, 4) is 22.8 Å². The molecule has 2 heterocycles. The third kappa shape index (κ3) is 4.51. The fraction of sp³-hybridized carbons (Fsp3) is 0.125. The van der Waals surface area contributed by atoms with Gasteiger partial charge in [0.15, 0.2) is 0 Å². The number of nitrogens with zero attached hydrogens (tertiary/aromatic N) is 2. The molecule has 0 bridgehead atoms. The first-order chi connectivity index (χ1) is 15.1. The molecule has 0 saturated carbocycles. The van der Waals surface area contributed by atoms with E-state index in [0.717, 1.165) is 26.5 Å². The summed E-state index contributed by atoms with van der Waals surface area (Å²) >= 11 is 3.49. The summed E-state index contributed by atoms with van der Waals surface area (Å²) in [5, 5.41) is 3.76. The molecule has 1 amide bonds. The van der Waals surface area contributed by atoms with Gasteiger partial charge in [0.05, 0.1) is 31.0 Å². The monoisotopic (exact) mass is 477 g/mol. The molecule has 0 spiro atoms. The minimum Gasteiger partial charge on any atom is -0.497 e. The quantitative estimate of drug-likeness (QED) is 0.422. The van der Waals surface area contributed by atoms with Crippen molar-refractivity contribution < 1.29 is 14.3 Å². The Balaban J connectivity index is 1.69. The second kappa shape index (κ2) is 9.14. The van der Waals surface area contributed by atoms with Crippen molar-refractivity contribution in [1.82, 2.24) is 15.3 Å². The Labute approximate surface area is 188 Å². The smallest absolute Gasteiger partial charge is 0.252 e. The summed E-state index contributed by atoms with van der Waals surface area (Å²) in [5.74, 6) is 1.14. The average Bonchev–Trinajstić information content (AvgIpc) is 2.82. The van der Waals surface area contributed by atoms with Crippen LogP contribution in [0.15, 0.2) is 71.5 Å². The van der Waals surface area contributed by atoms with Crippen LogP contribution in [0.5, 0.6) is 11.5 Å². The summed E-state index contributed by atoms with van der Waals surface area (Å²) in [6.45, 7) is 0.312. The summed E-state index contributed by atoms with van der Waals surface area (Å²) in [4.78, 5) is 22.1. The van der Waals surface area contributed by atoms with E-state index in [9.17, 15) is 4.79 Å². The normalized spacial score (nSPS) is 10.7. The lowest BCUT2D eigenvalue weighted by Crippen LogP contribution is -2.23. The summed E-state index contributed by atoms with van der Waals surface area (Å²) in [5.41, 5.74) is 3.66. The Morgan fingerprint density at radius 1 is 1.06 bits per heavy atom. The number of halogens is 1. The van der Waals surface area contributed by atoms with Crippen molar-refractivity contribution in [3.05, 3.63) is 82.6 Å². The van der Waals surface area contributed by atoms with E-state index < -0.39 is 0 Å². The van der Waals surface area contributed by atoms with E-state index in [1.807, 2.05) is 42.5 Å². The molecule has 0 saturated heterocycles. The number of rotatable bonds is 6. The van der Waals surface area contributed by atoms with Gasteiger partial charge in [0, 0.05) is 46.0 Å². The number of fused-ring (bicyclic) bond motifs is 1. The minimum atomic E-state index is -0.200. The van der Waals surface area contributed by atoms with E-state index in [4.69, 9.17) is 14.5 Å². The van der Waals surface area contributed by atoms with Crippen LogP contribution in [-0.2, 0) is 6.54 Å².